The molecule has 156 valence electrons. The molecule has 1 aliphatic rings. The second kappa shape index (κ2) is 9.58. The number of hydrogen-bond donors (Lipinski definition) is 1. The highest BCUT2D eigenvalue weighted by atomic mass is 32.2. The normalized spacial score (nSPS) is 16.1. The summed E-state index contributed by atoms with van der Waals surface area (Å²) in [5, 5.41) is 2.01. The molecule has 0 unspecified atom stereocenters. The van der Waals surface area contributed by atoms with Crippen LogP contribution in [0.2, 0.25) is 0 Å². The van der Waals surface area contributed by atoms with Crippen molar-refractivity contribution in [2.24, 2.45) is 0 Å². The fourth-order valence-corrected chi connectivity index (χ4v) is 3.49. The first kappa shape index (κ1) is 21.6. The Morgan fingerprint density at radius 1 is 1.20 bits per heavy atom. The van der Waals surface area contributed by atoms with Crippen molar-refractivity contribution in [3.63, 3.8) is 0 Å². The van der Waals surface area contributed by atoms with Crippen molar-refractivity contribution in [2.75, 3.05) is 11.9 Å². The third-order valence-corrected chi connectivity index (χ3v) is 5.32. The minimum absolute atomic E-state index is 0.00442. The number of nitrogens with zero attached hydrogens (tertiary/aromatic N) is 1. The zero-order chi connectivity index (χ0) is 21.7. The molecule has 0 spiro atoms. The van der Waals surface area contributed by atoms with Crippen molar-refractivity contribution in [1.82, 2.24) is 4.90 Å². The van der Waals surface area contributed by atoms with Crippen LogP contribution in [-0.2, 0) is 9.59 Å². The quantitative estimate of drug-likeness (QED) is 0.648. The van der Waals surface area contributed by atoms with Crippen LogP contribution in [0.3, 0.4) is 0 Å². The van der Waals surface area contributed by atoms with Crippen LogP contribution < -0.4 is 10.1 Å². The fraction of sp³-hybridized carbons (Fsp3) is 0.227. The van der Waals surface area contributed by atoms with Gasteiger partial charge in [-0.1, -0.05) is 25.1 Å². The second-order valence-electron chi connectivity index (χ2n) is 6.70. The van der Waals surface area contributed by atoms with E-state index >= 15 is 0 Å². The van der Waals surface area contributed by atoms with Gasteiger partial charge in [-0.25, -0.2) is 4.39 Å². The van der Waals surface area contributed by atoms with Gasteiger partial charge < -0.3 is 10.1 Å². The van der Waals surface area contributed by atoms with Gasteiger partial charge in [-0.15, -0.1) is 0 Å². The number of halogens is 1. The van der Waals surface area contributed by atoms with E-state index in [1.54, 1.807) is 18.2 Å². The molecule has 1 atom stereocenters. The predicted octanol–water partition coefficient (Wildman–Crippen LogP) is 4.68. The van der Waals surface area contributed by atoms with Gasteiger partial charge in [0.05, 0.1) is 11.0 Å². The Bertz CT molecular complexity index is 991. The number of rotatable bonds is 7. The van der Waals surface area contributed by atoms with Crippen LogP contribution in [0.5, 0.6) is 5.75 Å². The average Bonchev–Trinajstić information content (AvgIpc) is 2.98. The molecule has 1 aliphatic heterocycles. The summed E-state index contributed by atoms with van der Waals surface area (Å²) in [5.74, 6) is -0.905. The van der Waals surface area contributed by atoms with Gasteiger partial charge in [-0.3, -0.25) is 19.3 Å². The molecule has 0 aromatic heterocycles. The number of benzene rings is 2. The Hall–Kier alpha value is -3.13. The predicted molar refractivity (Wildman–Crippen MR) is 115 cm³/mol. The number of nitrogens with one attached hydrogen (secondary N) is 1. The van der Waals surface area contributed by atoms with Gasteiger partial charge in [0.1, 0.15) is 18.1 Å². The number of ether oxygens (including phenoxy) is 1. The number of para-hydroxylation sites is 1. The lowest BCUT2D eigenvalue weighted by Crippen LogP contribution is -2.36. The van der Waals surface area contributed by atoms with Gasteiger partial charge in [0, 0.05) is 11.3 Å². The highest BCUT2D eigenvalue weighted by Crippen LogP contribution is 2.34. The molecule has 2 aromatic rings. The molecule has 0 radical (unpaired) electrons. The fourth-order valence-electron chi connectivity index (χ4n) is 2.66. The van der Waals surface area contributed by atoms with Crippen molar-refractivity contribution in [2.45, 2.75) is 26.4 Å². The topological polar surface area (TPSA) is 75.7 Å². The number of carbonyl (C=O) groups is 3. The molecule has 8 heteroatoms. The molecule has 0 saturated carbocycles. The number of amides is 3. The Labute approximate surface area is 178 Å². The smallest absolute Gasteiger partial charge is 0.294 e. The summed E-state index contributed by atoms with van der Waals surface area (Å²) in [4.78, 5) is 38.3. The third-order valence-electron chi connectivity index (χ3n) is 4.41. The van der Waals surface area contributed by atoms with Crippen LogP contribution in [0.25, 0.3) is 6.08 Å². The largest absolute Gasteiger partial charge is 0.490 e. The Balaban J connectivity index is 1.71. The summed E-state index contributed by atoms with van der Waals surface area (Å²) in [7, 11) is 0. The van der Waals surface area contributed by atoms with Gasteiger partial charge >= 0.3 is 0 Å². The highest BCUT2D eigenvalue weighted by molar-refractivity contribution is 8.18. The van der Waals surface area contributed by atoms with Crippen molar-refractivity contribution < 1.29 is 23.5 Å². The van der Waals surface area contributed by atoms with E-state index in [4.69, 9.17) is 4.74 Å². The molecule has 2 aromatic carbocycles. The molecule has 0 bridgehead atoms. The monoisotopic (exact) mass is 428 g/mol. The summed E-state index contributed by atoms with van der Waals surface area (Å²) >= 11 is 0.774. The first-order valence-electron chi connectivity index (χ1n) is 9.44. The molecule has 3 rings (SSSR count). The van der Waals surface area contributed by atoms with E-state index in [1.165, 1.54) is 24.3 Å². The Morgan fingerprint density at radius 2 is 1.90 bits per heavy atom. The summed E-state index contributed by atoms with van der Waals surface area (Å²) in [5.41, 5.74) is 1.05. The maximum absolute atomic E-state index is 13.0. The molecule has 0 aliphatic carbocycles. The van der Waals surface area contributed by atoms with Gasteiger partial charge in [0.25, 0.3) is 11.1 Å². The molecule has 1 saturated heterocycles. The number of carbonyl (C=O) groups excluding carboxylic acids is 3. The summed E-state index contributed by atoms with van der Waals surface area (Å²) in [6.07, 6.45) is 2.43. The van der Waals surface area contributed by atoms with E-state index in [0.717, 1.165) is 23.1 Å². The van der Waals surface area contributed by atoms with Crippen LogP contribution in [0.15, 0.2) is 53.4 Å². The first-order chi connectivity index (χ1) is 14.4. The lowest BCUT2D eigenvalue weighted by atomic mass is 10.1. The van der Waals surface area contributed by atoms with E-state index < -0.39 is 29.4 Å². The highest BCUT2D eigenvalue weighted by Gasteiger charge is 2.36. The van der Waals surface area contributed by atoms with Crippen molar-refractivity contribution in [3.05, 3.63) is 64.8 Å². The molecule has 3 amide bonds. The molecule has 6 nitrogen and oxygen atoms in total. The average molecular weight is 428 g/mol. The maximum atomic E-state index is 13.0. The van der Waals surface area contributed by atoms with Crippen LogP contribution in [-0.4, -0.2) is 34.6 Å². The first-order valence-corrected chi connectivity index (χ1v) is 10.3. The SMILES string of the molecule is CC[C@@H](C)Oc1ccccc1/C=C1/SC(=O)N(CC(=O)Nc2ccc(F)cc2)C1=O. The van der Waals surface area contributed by atoms with E-state index in [9.17, 15) is 18.8 Å². The minimum atomic E-state index is -0.550. The Morgan fingerprint density at radius 3 is 2.60 bits per heavy atom. The molecular weight excluding hydrogens is 407 g/mol. The third kappa shape index (κ3) is 5.27. The van der Waals surface area contributed by atoms with Crippen molar-refractivity contribution in [3.8, 4) is 5.75 Å². The van der Waals surface area contributed by atoms with E-state index in [0.29, 0.717) is 17.0 Å². The minimum Gasteiger partial charge on any atom is -0.490 e. The molecule has 30 heavy (non-hydrogen) atoms. The number of imide groups is 1. The molecule has 1 N–H and O–H groups in total. The second-order valence-corrected chi connectivity index (χ2v) is 7.69. The standard InChI is InChI=1S/C22H21FN2O4S/c1-3-14(2)29-18-7-5-4-6-15(18)12-19-21(27)25(22(28)30-19)13-20(26)24-17-10-8-16(23)9-11-17/h4-12,14H,3,13H2,1-2H3,(H,24,26)/b19-12+/t14-/m1/s1. The number of hydrogen-bond acceptors (Lipinski definition) is 5. The number of thioether (sulfide) groups is 1. The van der Waals surface area contributed by atoms with E-state index in [1.807, 2.05) is 26.0 Å². The lowest BCUT2D eigenvalue weighted by molar-refractivity contribution is -0.127. The molecule has 1 heterocycles. The van der Waals surface area contributed by atoms with Crippen molar-refractivity contribution >= 4 is 40.6 Å². The van der Waals surface area contributed by atoms with E-state index in [-0.39, 0.29) is 11.0 Å². The van der Waals surface area contributed by atoms with E-state index in [2.05, 4.69) is 5.32 Å². The summed E-state index contributed by atoms with van der Waals surface area (Å²) in [6, 6.07) is 12.5. The van der Waals surface area contributed by atoms with Crippen molar-refractivity contribution in [1.29, 1.82) is 0 Å². The van der Waals surface area contributed by atoms with Gasteiger partial charge in [-0.2, -0.15) is 0 Å². The zero-order valence-corrected chi connectivity index (χ0v) is 17.4. The van der Waals surface area contributed by atoms with Crippen LogP contribution in [0, 0.1) is 5.82 Å². The van der Waals surface area contributed by atoms with Gasteiger partial charge in [0.15, 0.2) is 0 Å². The lowest BCUT2D eigenvalue weighted by Gasteiger charge is -2.15. The van der Waals surface area contributed by atoms with Gasteiger partial charge in [-0.05, 0) is 61.5 Å². The summed E-state index contributed by atoms with van der Waals surface area (Å²) in [6.45, 7) is 3.53. The van der Waals surface area contributed by atoms with Crippen LogP contribution in [0.1, 0.15) is 25.8 Å². The maximum Gasteiger partial charge on any atom is 0.294 e. The van der Waals surface area contributed by atoms with Gasteiger partial charge in [0.2, 0.25) is 5.91 Å². The Kier molecular flexibility index (Phi) is 6.89. The molecule has 1 fully saturated rings. The summed E-state index contributed by atoms with van der Waals surface area (Å²) < 4.78 is 18.8. The number of anilines is 1. The molecular formula is C22H21FN2O4S. The van der Waals surface area contributed by atoms with Crippen LogP contribution in [0.4, 0.5) is 14.9 Å². The zero-order valence-electron chi connectivity index (χ0n) is 16.6. The van der Waals surface area contributed by atoms with Crippen LogP contribution >= 0.6 is 11.8 Å².